The lowest BCUT2D eigenvalue weighted by molar-refractivity contribution is -0.117. The van der Waals surface area contributed by atoms with Crippen LogP contribution in [0.3, 0.4) is 0 Å². The van der Waals surface area contributed by atoms with Crippen molar-refractivity contribution in [2.75, 3.05) is 32.6 Å². The van der Waals surface area contributed by atoms with Crippen molar-refractivity contribution in [1.82, 2.24) is 14.7 Å². The second-order valence-corrected chi connectivity index (χ2v) is 7.88. The highest BCUT2D eigenvalue weighted by Crippen LogP contribution is 2.38. The predicted octanol–water partition coefficient (Wildman–Crippen LogP) is 3.79. The minimum Gasteiger partial charge on any atom is -0.497 e. The molecule has 7 nitrogen and oxygen atoms in total. The fourth-order valence-corrected chi connectivity index (χ4v) is 4.69. The number of nitrogens with zero attached hydrogens (tertiary/aromatic N) is 3. The summed E-state index contributed by atoms with van der Waals surface area (Å²) in [5.41, 5.74) is 1.08. The Morgan fingerprint density at radius 3 is 2.72 bits per heavy atom. The van der Waals surface area contributed by atoms with Gasteiger partial charge in [0.2, 0.25) is 5.91 Å². The summed E-state index contributed by atoms with van der Waals surface area (Å²) >= 11 is 0. The van der Waals surface area contributed by atoms with Gasteiger partial charge in [-0.2, -0.15) is 5.10 Å². The molecule has 1 saturated carbocycles. The van der Waals surface area contributed by atoms with E-state index in [1.54, 1.807) is 20.4 Å². The Labute approximate surface area is 172 Å². The van der Waals surface area contributed by atoms with Crippen molar-refractivity contribution >= 4 is 11.7 Å². The Bertz CT molecular complexity index is 844. The van der Waals surface area contributed by atoms with E-state index < -0.39 is 0 Å². The average Bonchev–Trinajstić information content (AvgIpc) is 3.49. The van der Waals surface area contributed by atoms with Crippen molar-refractivity contribution in [3.05, 3.63) is 36.0 Å². The standard InChI is InChI=1S/C22H30N4O3/c1-28-17-9-10-20(29-2)18(14-17)19-8-5-13-25(19)15-22(27)24-21-11-12-23-26(21)16-6-3-4-7-16/h9-12,14,16,19H,3-8,13,15H2,1-2H3,(H,24,27). The number of rotatable bonds is 7. The molecule has 0 spiro atoms. The van der Waals surface area contributed by atoms with E-state index in [9.17, 15) is 4.79 Å². The van der Waals surface area contributed by atoms with Crippen LogP contribution in [-0.4, -0.2) is 47.9 Å². The van der Waals surface area contributed by atoms with Crippen LogP contribution in [0.5, 0.6) is 11.5 Å². The number of aromatic nitrogens is 2. The van der Waals surface area contributed by atoms with Crippen LogP contribution in [0.1, 0.15) is 56.2 Å². The van der Waals surface area contributed by atoms with Crippen molar-refractivity contribution in [2.24, 2.45) is 0 Å². The lowest BCUT2D eigenvalue weighted by Gasteiger charge is -2.26. The topological polar surface area (TPSA) is 68.6 Å². The molecule has 29 heavy (non-hydrogen) atoms. The van der Waals surface area contributed by atoms with Gasteiger partial charge in [-0.25, -0.2) is 4.68 Å². The summed E-state index contributed by atoms with van der Waals surface area (Å²) in [7, 11) is 3.35. The van der Waals surface area contributed by atoms with Crippen LogP contribution in [0.15, 0.2) is 30.5 Å². The monoisotopic (exact) mass is 398 g/mol. The van der Waals surface area contributed by atoms with Gasteiger partial charge in [-0.1, -0.05) is 12.8 Å². The number of carbonyl (C=O) groups is 1. The fraction of sp³-hybridized carbons (Fsp3) is 0.545. The minimum absolute atomic E-state index is 0.00138. The van der Waals surface area contributed by atoms with Gasteiger partial charge in [0.05, 0.1) is 33.0 Å². The molecule has 156 valence electrons. The quantitative estimate of drug-likeness (QED) is 0.768. The third-order valence-electron chi connectivity index (χ3n) is 6.11. The van der Waals surface area contributed by atoms with Crippen LogP contribution < -0.4 is 14.8 Å². The summed E-state index contributed by atoms with van der Waals surface area (Å²) in [6.45, 7) is 1.24. The van der Waals surface area contributed by atoms with Crippen molar-refractivity contribution < 1.29 is 14.3 Å². The zero-order chi connectivity index (χ0) is 20.2. The molecule has 1 amide bonds. The van der Waals surface area contributed by atoms with Gasteiger partial charge in [-0.3, -0.25) is 9.69 Å². The number of anilines is 1. The van der Waals surface area contributed by atoms with Gasteiger partial charge in [-0.05, 0) is 50.4 Å². The van der Waals surface area contributed by atoms with E-state index in [0.29, 0.717) is 12.6 Å². The van der Waals surface area contributed by atoms with Crippen molar-refractivity contribution in [3.8, 4) is 11.5 Å². The molecule has 1 aromatic carbocycles. The summed E-state index contributed by atoms with van der Waals surface area (Å²) < 4.78 is 13.0. The molecule has 0 bridgehead atoms. The Hall–Kier alpha value is -2.54. The molecule has 1 unspecified atom stereocenters. The van der Waals surface area contributed by atoms with Gasteiger partial charge in [0.1, 0.15) is 17.3 Å². The molecular weight excluding hydrogens is 368 g/mol. The number of methoxy groups -OCH3 is 2. The molecular formula is C22H30N4O3. The first kappa shape index (κ1) is 19.8. The first-order valence-electron chi connectivity index (χ1n) is 10.5. The van der Waals surface area contributed by atoms with Gasteiger partial charge in [0, 0.05) is 17.7 Å². The second-order valence-electron chi connectivity index (χ2n) is 7.88. The molecule has 1 aliphatic heterocycles. The highest BCUT2D eigenvalue weighted by molar-refractivity contribution is 5.91. The Morgan fingerprint density at radius 2 is 1.97 bits per heavy atom. The lowest BCUT2D eigenvalue weighted by atomic mass is 10.0. The molecule has 1 aromatic heterocycles. The maximum Gasteiger partial charge on any atom is 0.239 e. The molecule has 0 radical (unpaired) electrons. The highest BCUT2D eigenvalue weighted by Gasteiger charge is 2.30. The fourth-order valence-electron chi connectivity index (χ4n) is 4.69. The van der Waals surface area contributed by atoms with Gasteiger partial charge in [0.15, 0.2) is 0 Å². The lowest BCUT2D eigenvalue weighted by Crippen LogP contribution is -2.33. The maximum absolute atomic E-state index is 12.8. The number of nitrogens with one attached hydrogen (secondary N) is 1. The van der Waals surface area contributed by atoms with E-state index in [-0.39, 0.29) is 11.9 Å². The second kappa shape index (κ2) is 8.86. The molecule has 2 aromatic rings. The van der Waals surface area contributed by atoms with E-state index in [1.807, 2.05) is 28.9 Å². The molecule has 2 aliphatic rings. The maximum atomic E-state index is 12.8. The van der Waals surface area contributed by atoms with Crippen LogP contribution in [-0.2, 0) is 4.79 Å². The Kier molecular flexibility index (Phi) is 6.04. The van der Waals surface area contributed by atoms with Gasteiger partial charge in [0.25, 0.3) is 0 Å². The first-order valence-corrected chi connectivity index (χ1v) is 10.5. The van der Waals surface area contributed by atoms with Gasteiger partial charge < -0.3 is 14.8 Å². The molecule has 1 N–H and O–H groups in total. The summed E-state index contributed by atoms with van der Waals surface area (Å²) in [5.74, 6) is 2.44. The van der Waals surface area contributed by atoms with Gasteiger partial charge in [-0.15, -0.1) is 0 Å². The number of hydrogen-bond donors (Lipinski definition) is 1. The first-order chi connectivity index (χ1) is 14.2. The summed E-state index contributed by atoms with van der Waals surface area (Å²) in [6.07, 6.45) is 8.55. The summed E-state index contributed by atoms with van der Waals surface area (Å²) in [6, 6.07) is 8.30. The van der Waals surface area contributed by atoms with E-state index >= 15 is 0 Å². The van der Waals surface area contributed by atoms with Crippen molar-refractivity contribution in [1.29, 1.82) is 0 Å². The largest absolute Gasteiger partial charge is 0.497 e. The van der Waals surface area contributed by atoms with Crippen LogP contribution in [0, 0.1) is 0 Å². The number of benzene rings is 1. The number of likely N-dealkylation sites (tertiary alicyclic amines) is 1. The molecule has 1 atom stereocenters. The predicted molar refractivity (Wildman–Crippen MR) is 111 cm³/mol. The minimum atomic E-state index is -0.00138. The Balaban J connectivity index is 1.45. The number of hydrogen-bond acceptors (Lipinski definition) is 5. The van der Waals surface area contributed by atoms with E-state index in [0.717, 1.165) is 55.1 Å². The van der Waals surface area contributed by atoms with E-state index in [2.05, 4.69) is 15.3 Å². The van der Waals surface area contributed by atoms with Crippen LogP contribution >= 0.6 is 0 Å². The summed E-state index contributed by atoms with van der Waals surface area (Å²) in [4.78, 5) is 15.1. The number of ether oxygens (including phenoxy) is 2. The molecule has 1 saturated heterocycles. The molecule has 2 fully saturated rings. The molecule has 4 rings (SSSR count). The average molecular weight is 399 g/mol. The molecule has 7 heteroatoms. The van der Waals surface area contributed by atoms with E-state index in [1.165, 1.54) is 12.8 Å². The Morgan fingerprint density at radius 1 is 1.14 bits per heavy atom. The summed E-state index contributed by atoms with van der Waals surface area (Å²) in [5, 5.41) is 7.53. The third kappa shape index (κ3) is 4.24. The van der Waals surface area contributed by atoms with E-state index in [4.69, 9.17) is 9.47 Å². The van der Waals surface area contributed by atoms with Crippen molar-refractivity contribution in [2.45, 2.75) is 50.6 Å². The SMILES string of the molecule is COc1ccc(OC)c(C2CCCN2CC(=O)Nc2ccnn2C2CCCC2)c1. The smallest absolute Gasteiger partial charge is 0.239 e. The normalized spacial score (nSPS) is 20.1. The molecule has 2 heterocycles. The van der Waals surface area contributed by atoms with Crippen LogP contribution in [0.25, 0.3) is 0 Å². The van der Waals surface area contributed by atoms with Crippen LogP contribution in [0.2, 0.25) is 0 Å². The number of amides is 1. The zero-order valence-electron chi connectivity index (χ0n) is 17.3. The number of carbonyl (C=O) groups excluding carboxylic acids is 1. The van der Waals surface area contributed by atoms with Crippen LogP contribution in [0.4, 0.5) is 5.82 Å². The highest BCUT2D eigenvalue weighted by atomic mass is 16.5. The van der Waals surface area contributed by atoms with Crippen molar-refractivity contribution in [3.63, 3.8) is 0 Å². The van der Waals surface area contributed by atoms with Gasteiger partial charge >= 0.3 is 0 Å². The zero-order valence-corrected chi connectivity index (χ0v) is 17.3. The third-order valence-corrected chi connectivity index (χ3v) is 6.11. The molecule has 1 aliphatic carbocycles.